The second-order valence-electron chi connectivity index (χ2n) is 3.59. The van der Waals surface area contributed by atoms with E-state index < -0.39 is 0 Å². The van der Waals surface area contributed by atoms with Gasteiger partial charge in [0.05, 0.1) is 19.2 Å². The minimum Gasteiger partial charge on any atom is -0.493 e. The molecule has 1 aliphatic rings. The number of hydrogen-bond donors (Lipinski definition) is 1. The van der Waals surface area contributed by atoms with Crippen LogP contribution in [0.2, 0.25) is 5.02 Å². The van der Waals surface area contributed by atoms with E-state index in [1.54, 1.807) is 14.2 Å². The highest BCUT2D eigenvalue weighted by Gasteiger charge is 2.21. The molecule has 0 unspecified atom stereocenters. The van der Waals surface area contributed by atoms with E-state index >= 15 is 0 Å². The number of rotatable bonds is 3. The number of benzene rings is 1. The maximum Gasteiger partial charge on any atom is 0.179 e. The summed E-state index contributed by atoms with van der Waals surface area (Å²) in [6.07, 6.45) is 0. The van der Waals surface area contributed by atoms with Gasteiger partial charge in [0.15, 0.2) is 11.5 Å². The van der Waals surface area contributed by atoms with Gasteiger partial charge in [-0.1, -0.05) is 11.6 Å². The lowest BCUT2D eigenvalue weighted by molar-refractivity contribution is 0.353. The molecule has 2 rings (SSSR count). The van der Waals surface area contributed by atoms with Crippen LogP contribution in [0.5, 0.6) is 11.5 Å². The van der Waals surface area contributed by atoms with Gasteiger partial charge in [0.2, 0.25) is 0 Å². The Morgan fingerprint density at radius 1 is 1.27 bits per heavy atom. The van der Waals surface area contributed by atoms with E-state index in [0.717, 1.165) is 13.1 Å². The van der Waals surface area contributed by atoms with Gasteiger partial charge < -0.3 is 14.8 Å². The highest BCUT2D eigenvalue weighted by Crippen LogP contribution is 2.38. The zero-order chi connectivity index (χ0) is 10.8. The summed E-state index contributed by atoms with van der Waals surface area (Å²) in [6.45, 7) is 2.01. The molecule has 82 valence electrons. The van der Waals surface area contributed by atoms with E-state index in [9.17, 15) is 0 Å². The normalized spacial score (nSPS) is 15.9. The van der Waals surface area contributed by atoms with Crippen molar-refractivity contribution in [2.45, 2.75) is 5.92 Å². The van der Waals surface area contributed by atoms with Crippen LogP contribution in [0, 0.1) is 0 Å². The minimum absolute atomic E-state index is 0.544. The fourth-order valence-corrected chi connectivity index (χ4v) is 1.99. The summed E-state index contributed by atoms with van der Waals surface area (Å²) >= 11 is 6.11. The standard InChI is InChI=1S/C11H14ClNO2/c1-14-10-4-7(8-5-13-6-8)3-9(12)11(10)15-2/h3-4,8,13H,5-6H2,1-2H3. The maximum absolute atomic E-state index is 6.11. The van der Waals surface area contributed by atoms with Crippen molar-refractivity contribution in [2.75, 3.05) is 27.3 Å². The van der Waals surface area contributed by atoms with Crippen molar-refractivity contribution in [3.8, 4) is 11.5 Å². The highest BCUT2D eigenvalue weighted by atomic mass is 35.5. The van der Waals surface area contributed by atoms with Crippen LogP contribution in [0.1, 0.15) is 11.5 Å². The first-order valence-corrected chi connectivity index (χ1v) is 5.26. The summed E-state index contributed by atoms with van der Waals surface area (Å²) in [4.78, 5) is 0. The second-order valence-corrected chi connectivity index (χ2v) is 4.00. The van der Waals surface area contributed by atoms with Gasteiger partial charge in [0.25, 0.3) is 0 Å². The predicted octanol–water partition coefficient (Wildman–Crippen LogP) is 2.04. The average Bonchev–Trinajstić information content (AvgIpc) is 2.14. The molecule has 0 bridgehead atoms. The van der Waals surface area contributed by atoms with Crippen LogP contribution in [0.25, 0.3) is 0 Å². The lowest BCUT2D eigenvalue weighted by atomic mass is 9.93. The summed E-state index contributed by atoms with van der Waals surface area (Å²) in [5.74, 6) is 1.85. The van der Waals surface area contributed by atoms with Gasteiger partial charge in [-0.15, -0.1) is 0 Å². The highest BCUT2D eigenvalue weighted by molar-refractivity contribution is 6.32. The van der Waals surface area contributed by atoms with E-state index in [-0.39, 0.29) is 0 Å². The number of hydrogen-bond acceptors (Lipinski definition) is 3. The summed E-state index contributed by atoms with van der Waals surface area (Å²) in [5.41, 5.74) is 1.21. The minimum atomic E-state index is 0.544. The van der Waals surface area contributed by atoms with Gasteiger partial charge in [-0.3, -0.25) is 0 Å². The van der Waals surface area contributed by atoms with E-state index in [1.807, 2.05) is 12.1 Å². The molecule has 0 amide bonds. The van der Waals surface area contributed by atoms with Crippen molar-refractivity contribution < 1.29 is 9.47 Å². The Labute approximate surface area is 94.3 Å². The molecule has 1 aromatic carbocycles. The first-order valence-electron chi connectivity index (χ1n) is 4.88. The molecule has 0 aromatic heterocycles. The third-order valence-corrected chi connectivity index (χ3v) is 2.99. The van der Waals surface area contributed by atoms with Crippen molar-refractivity contribution >= 4 is 11.6 Å². The molecule has 0 saturated carbocycles. The summed E-state index contributed by atoms with van der Waals surface area (Å²) in [5, 5.41) is 3.84. The maximum atomic E-state index is 6.11. The van der Waals surface area contributed by atoms with Gasteiger partial charge in [-0.05, 0) is 17.7 Å². The molecule has 1 aliphatic heterocycles. The predicted molar refractivity (Wildman–Crippen MR) is 60.2 cm³/mol. The van der Waals surface area contributed by atoms with Crippen molar-refractivity contribution in [2.24, 2.45) is 0 Å². The van der Waals surface area contributed by atoms with Crippen LogP contribution in [-0.4, -0.2) is 27.3 Å². The van der Waals surface area contributed by atoms with E-state index in [0.29, 0.717) is 22.4 Å². The molecule has 15 heavy (non-hydrogen) atoms. The molecular weight excluding hydrogens is 214 g/mol. The Bertz CT molecular complexity index is 364. The van der Waals surface area contributed by atoms with Crippen molar-refractivity contribution in [3.05, 3.63) is 22.7 Å². The van der Waals surface area contributed by atoms with Gasteiger partial charge in [0.1, 0.15) is 0 Å². The lowest BCUT2D eigenvalue weighted by Crippen LogP contribution is -2.39. The van der Waals surface area contributed by atoms with Crippen LogP contribution in [0.3, 0.4) is 0 Å². The third kappa shape index (κ3) is 1.90. The first kappa shape index (κ1) is 10.6. The molecule has 1 saturated heterocycles. The molecule has 1 aromatic rings. The van der Waals surface area contributed by atoms with E-state index in [2.05, 4.69) is 5.32 Å². The monoisotopic (exact) mass is 227 g/mol. The van der Waals surface area contributed by atoms with Crippen LogP contribution >= 0.6 is 11.6 Å². The molecule has 1 N–H and O–H groups in total. The van der Waals surface area contributed by atoms with Crippen LogP contribution < -0.4 is 14.8 Å². The Morgan fingerprint density at radius 2 is 2.00 bits per heavy atom. The second kappa shape index (κ2) is 4.29. The van der Waals surface area contributed by atoms with Crippen LogP contribution in [0.4, 0.5) is 0 Å². The van der Waals surface area contributed by atoms with Crippen LogP contribution in [-0.2, 0) is 0 Å². The Hall–Kier alpha value is -0.930. The fourth-order valence-electron chi connectivity index (χ4n) is 1.70. The number of methoxy groups -OCH3 is 2. The molecule has 0 spiro atoms. The smallest absolute Gasteiger partial charge is 0.179 e. The Balaban J connectivity index is 2.37. The molecular formula is C11H14ClNO2. The van der Waals surface area contributed by atoms with Crippen molar-refractivity contribution in [3.63, 3.8) is 0 Å². The molecule has 4 heteroatoms. The van der Waals surface area contributed by atoms with Gasteiger partial charge in [-0.25, -0.2) is 0 Å². The van der Waals surface area contributed by atoms with Crippen molar-refractivity contribution in [1.82, 2.24) is 5.32 Å². The summed E-state index contributed by atoms with van der Waals surface area (Å²) in [6, 6.07) is 3.95. The number of ether oxygens (including phenoxy) is 2. The molecule has 1 fully saturated rings. The van der Waals surface area contributed by atoms with Crippen LogP contribution in [0.15, 0.2) is 12.1 Å². The quantitative estimate of drug-likeness (QED) is 0.858. The fraction of sp³-hybridized carbons (Fsp3) is 0.455. The van der Waals surface area contributed by atoms with Gasteiger partial charge in [0, 0.05) is 19.0 Å². The summed E-state index contributed by atoms with van der Waals surface area (Å²) < 4.78 is 10.4. The van der Waals surface area contributed by atoms with Gasteiger partial charge >= 0.3 is 0 Å². The van der Waals surface area contributed by atoms with E-state index in [4.69, 9.17) is 21.1 Å². The zero-order valence-corrected chi connectivity index (χ0v) is 9.60. The molecule has 0 radical (unpaired) electrons. The number of nitrogens with one attached hydrogen (secondary N) is 1. The summed E-state index contributed by atoms with van der Waals surface area (Å²) in [7, 11) is 3.21. The molecule has 0 atom stereocenters. The molecule has 3 nitrogen and oxygen atoms in total. The van der Waals surface area contributed by atoms with Crippen molar-refractivity contribution in [1.29, 1.82) is 0 Å². The third-order valence-electron chi connectivity index (χ3n) is 2.71. The molecule has 1 heterocycles. The number of halogens is 1. The Kier molecular flexibility index (Phi) is 3.03. The van der Waals surface area contributed by atoms with Gasteiger partial charge in [-0.2, -0.15) is 0 Å². The molecule has 0 aliphatic carbocycles. The zero-order valence-electron chi connectivity index (χ0n) is 8.84. The topological polar surface area (TPSA) is 30.5 Å². The Morgan fingerprint density at radius 3 is 2.47 bits per heavy atom. The van der Waals surface area contributed by atoms with E-state index in [1.165, 1.54) is 5.56 Å². The first-order chi connectivity index (χ1) is 7.26. The SMILES string of the molecule is COc1cc(C2CNC2)cc(Cl)c1OC. The lowest BCUT2D eigenvalue weighted by Gasteiger charge is -2.28. The largest absolute Gasteiger partial charge is 0.493 e. The average molecular weight is 228 g/mol.